The molecule has 0 saturated heterocycles. The lowest BCUT2D eigenvalue weighted by Crippen LogP contribution is -2.41. The van der Waals surface area contributed by atoms with E-state index in [0.717, 1.165) is 40.8 Å². The Balaban J connectivity index is 1.47. The van der Waals surface area contributed by atoms with Gasteiger partial charge in [-0.2, -0.15) is 18.3 Å². The van der Waals surface area contributed by atoms with Gasteiger partial charge in [0.25, 0.3) is 0 Å². The minimum absolute atomic E-state index is 0.0525. The predicted octanol–water partition coefficient (Wildman–Crippen LogP) is 5.36. The third kappa shape index (κ3) is 5.05. The Morgan fingerprint density at radius 1 is 1.05 bits per heavy atom. The number of ether oxygens (including phenoxy) is 1. The Bertz CT molecular complexity index is 1560. The molecular formula is C27H21F4N5O3. The molecule has 5 rings (SSSR count). The molecule has 4 aromatic rings. The maximum Gasteiger partial charge on any atom is 0.416 e. The van der Waals surface area contributed by atoms with Crippen molar-refractivity contribution in [2.75, 3.05) is 4.90 Å². The van der Waals surface area contributed by atoms with E-state index < -0.39 is 34.8 Å². The molecular weight excluding hydrogens is 518 g/mol. The molecule has 2 N–H and O–H groups in total. The van der Waals surface area contributed by atoms with Gasteiger partial charge in [-0.1, -0.05) is 0 Å². The summed E-state index contributed by atoms with van der Waals surface area (Å²) in [5, 5.41) is 4.10. The smallest absolute Gasteiger partial charge is 0.416 e. The van der Waals surface area contributed by atoms with Crippen LogP contribution in [0.3, 0.4) is 0 Å². The molecule has 1 aliphatic rings. The van der Waals surface area contributed by atoms with Gasteiger partial charge in [0, 0.05) is 42.8 Å². The lowest BCUT2D eigenvalue weighted by Gasteiger charge is -2.27. The second-order valence-corrected chi connectivity index (χ2v) is 9.13. The van der Waals surface area contributed by atoms with Gasteiger partial charge in [0.1, 0.15) is 16.9 Å². The van der Waals surface area contributed by atoms with Gasteiger partial charge in [0.15, 0.2) is 5.82 Å². The minimum atomic E-state index is -4.60. The average molecular weight is 539 g/mol. The molecule has 0 radical (unpaired) electrons. The van der Waals surface area contributed by atoms with Crippen LogP contribution in [0.1, 0.15) is 18.4 Å². The zero-order valence-corrected chi connectivity index (χ0v) is 20.4. The number of aryl methyl sites for hydroxylation is 1. The molecule has 1 aliphatic carbocycles. The highest BCUT2D eigenvalue weighted by Crippen LogP contribution is 2.49. The summed E-state index contributed by atoms with van der Waals surface area (Å²) in [7, 11) is 1.77. The number of carbonyl (C=O) groups excluding carboxylic acids is 2. The SMILES string of the molecule is Cn1cc(-c2cc(Oc3ccc(N(C(=O)C4(C(N)=O)CC4)c4ccc(C(F)(F)F)cc4)c(F)c3)ccn2)cn1. The van der Waals surface area contributed by atoms with Crippen LogP contribution in [0.15, 0.2) is 73.2 Å². The monoisotopic (exact) mass is 539 g/mol. The van der Waals surface area contributed by atoms with Crippen molar-refractivity contribution in [3.05, 3.63) is 84.6 Å². The molecule has 1 saturated carbocycles. The summed E-state index contributed by atoms with van der Waals surface area (Å²) < 4.78 is 62.2. The molecule has 2 aromatic carbocycles. The fourth-order valence-electron chi connectivity index (χ4n) is 4.12. The van der Waals surface area contributed by atoms with Crippen LogP contribution in [0.5, 0.6) is 11.5 Å². The van der Waals surface area contributed by atoms with Crippen LogP contribution in [0.2, 0.25) is 0 Å². The van der Waals surface area contributed by atoms with Gasteiger partial charge in [-0.25, -0.2) is 4.39 Å². The van der Waals surface area contributed by atoms with Crippen molar-refractivity contribution in [2.45, 2.75) is 19.0 Å². The average Bonchev–Trinajstić information content (AvgIpc) is 3.60. The van der Waals surface area contributed by atoms with Crippen LogP contribution in [-0.2, 0) is 22.8 Å². The summed E-state index contributed by atoms with van der Waals surface area (Å²) in [5.74, 6) is -2.15. The zero-order valence-electron chi connectivity index (χ0n) is 20.4. The van der Waals surface area contributed by atoms with Gasteiger partial charge >= 0.3 is 6.18 Å². The van der Waals surface area contributed by atoms with Crippen molar-refractivity contribution in [1.82, 2.24) is 14.8 Å². The molecule has 0 spiro atoms. The number of hydrogen-bond donors (Lipinski definition) is 1. The molecule has 39 heavy (non-hydrogen) atoms. The number of halogens is 4. The van der Waals surface area contributed by atoms with Crippen molar-refractivity contribution in [3.8, 4) is 22.8 Å². The maximum absolute atomic E-state index is 15.5. The van der Waals surface area contributed by atoms with Crippen LogP contribution in [0.25, 0.3) is 11.3 Å². The first-order valence-corrected chi connectivity index (χ1v) is 11.7. The van der Waals surface area contributed by atoms with E-state index in [0.29, 0.717) is 11.4 Å². The summed E-state index contributed by atoms with van der Waals surface area (Å²) in [6.07, 6.45) is 0.627. The van der Waals surface area contributed by atoms with Crippen LogP contribution in [-0.4, -0.2) is 26.6 Å². The van der Waals surface area contributed by atoms with Crippen LogP contribution < -0.4 is 15.4 Å². The number of carbonyl (C=O) groups is 2. The van der Waals surface area contributed by atoms with Gasteiger partial charge in [0.2, 0.25) is 11.8 Å². The van der Waals surface area contributed by atoms with E-state index >= 15 is 4.39 Å². The third-order valence-electron chi connectivity index (χ3n) is 6.41. The Hall–Kier alpha value is -4.74. The number of hydrogen-bond acceptors (Lipinski definition) is 5. The molecule has 1 fully saturated rings. The van der Waals surface area contributed by atoms with Gasteiger partial charge in [-0.3, -0.25) is 24.2 Å². The third-order valence-corrected chi connectivity index (χ3v) is 6.41. The zero-order chi connectivity index (χ0) is 27.9. The molecule has 8 nitrogen and oxygen atoms in total. The number of primary amides is 1. The van der Waals surface area contributed by atoms with E-state index in [1.54, 1.807) is 36.3 Å². The summed E-state index contributed by atoms with van der Waals surface area (Å²) >= 11 is 0. The van der Waals surface area contributed by atoms with E-state index in [4.69, 9.17) is 10.5 Å². The Morgan fingerprint density at radius 2 is 1.74 bits per heavy atom. The van der Waals surface area contributed by atoms with Crippen molar-refractivity contribution in [2.24, 2.45) is 18.2 Å². The van der Waals surface area contributed by atoms with Gasteiger partial charge in [-0.05, 0) is 55.3 Å². The number of amides is 2. The van der Waals surface area contributed by atoms with E-state index in [9.17, 15) is 22.8 Å². The number of nitrogens with two attached hydrogens (primary N) is 1. The number of aromatic nitrogens is 3. The highest BCUT2D eigenvalue weighted by Gasteiger charge is 2.57. The molecule has 12 heteroatoms. The lowest BCUT2D eigenvalue weighted by atomic mass is 10.0. The van der Waals surface area contributed by atoms with Crippen molar-refractivity contribution < 1.29 is 31.9 Å². The number of pyridine rings is 1. The quantitative estimate of drug-likeness (QED) is 0.252. The summed E-state index contributed by atoms with van der Waals surface area (Å²) in [5.41, 5.74) is 3.96. The topological polar surface area (TPSA) is 103 Å². The Morgan fingerprint density at radius 3 is 2.31 bits per heavy atom. The molecule has 0 aliphatic heterocycles. The first-order valence-electron chi connectivity index (χ1n) is 11.7. The van der Waals surface area contributed by atoms with Gasteiger partial charge < -0.3 is 10.5 Å². The fraction of sp³-hybridized carbons (Fsp3) is 0.185. The van der Waals surface area contributed by atoms with Gasteiger partial charge in [-0.15, -0.1) is 0 Å². The maximum atomic E-state index is 15.5. The second-order valence-electron chi connectivity index (χ2n) is 9.13. The van der Waals surface area contributed by atoms with E-state index in [2.05, 4.69) is 10.1 Å². The molecule has 2 heterocycles. The highest BCUT2D eigenvalue weighted by molar-refractivity contribution is 6.16. The molecule has 2 aromatic heterocycles. The normalized spacial score (nSPS) is 14.1. The van der Waals surface area contributed by atoms with E-state index in [1.165, 1.54) is 18.3 Å². The number of rotatable bonds is 7. The Labute approximate surface area is 219 Å². The van der Waals surface area contributed by atoms with Crippen LogP contribution in [0.4, 0.5) is 28.9 Å². The first kappa shape index (κ1) is 25.9. The number of nitrogens with zero attached hydrogens (tertiary/aromatic N) is 4. The summed E-state index contributed by atoms with van der Waals surface area (Å²) in [6, 6.07) is 10.5. The first-order chi connectivity index (χ1) is 18.5. The molecule has 2 amide bonds. The molecule has 0 bridgehead atoms. The summed E-state index contributed by atoms with van der Waals surface area (Å²) in [6.45, 7) is 0. The van der Waals surface area contributed by atoms with E-state index in [-0.39, 0.29) is 30.0 Å². The van der Waals surface area contributed by atoms with Crippen LogP contribution >= 0.6 is 0 Å². The largest absolute Gasteiger partial charge is 0.457 e. The van der Waals surface area contributed by atoms with E-state index in [1.807, 2.05) is 0 Å². The number of anilines is 2. The van der Waals surface area contributed by atoms with Crippen molar-refractivity contribution in [3.63, 3.8) is 0 Å². The Kier molecular flexibility index (Phi) is 6.33. The standard InChI is InChI=1S/C27H21F4N5O3/c1-35-15-16(14-34-35)22-13-20(8-11-33-22)39-19-6-7-23(21(28)12-19)36(25(38)26(9-10-26)24(32)37)18-4-2-17(3-5-18)27(29,30)31/h2-8,11-15H,9-10H2,1H3,(H2,32,37). The highest BCUT2D eigenvalue weighted by atomic mass is 19.4. The summed E-state index contributed by atoms with van der Waals surface area (Å²) in [4.78, 5) is 30.7. The number of alkyl halides is 3. The molecule has 0 atom stereocenters. The second kappa shape index (κ2) is 9.53. The van der Waals surface area contributed by atoms with Crippen molar-refractivity contribution in [1.29, 1.82) is 0 Å². The fourth-order valence-corrected chi connectivity index (χ4v) is 4.12. The molecule has 200 valence electrons. The lowest BCUT2D eigenvalue weighted by molar-refractivity contribution is -0.137. The van der Waals surface area contributed by atoms with Crippen LogP contribution in [0, 0.1) is 11.2 Å². The predicted molar refractivity (Wildman–Crippen MR) is 132 cm³/mol. The minimum Gasteiger partial charge on any atom is -0.457 e. The molecule has 0 unspecified atom stereocenters. The van der Waals surface area contributed by atoms with Gasteiger partial charge in [0.05, 0.1) is 23.1 Å². The number of benzene rings is 2. The van der Waals surface area contributed by atoms with Crippen molar-refractivity contribution >= 4 is 23.2 Å².